The molecule has 29 heavy (non-hydrogen) atoms. The zero-order valence-corrected chi connectivity index (χ0v) is 15.5. The minimum absolute atomic E-state index is 0.0164. The molecule has 0 aliphatic heterocycles. The zero-order valence-electron chi connectivity index (χ0n) is 15.5. The predicted octanol–water partition coefficient (Wildman–Crippen LogP) is 5.94. The van der Waals surface area contributed by atoms with Gasteiger partial charge in [0.1, 0.15) is 17.7 Å². The summed E-state index contributed by atoms with van der Waals surface area (Å²) < 4.78 is 28.4. The van der Waals surface area contributed by atoms with Crippen LogP contribution in [0.25, 0.3) is 33.9 Å². The highest BCUT2D eigenvalue weighted by Gasteiger charge is 2.19. The first kappa shape index (κ1) is 18.5. The van der Waals surface area contributed by atoms with Crippen LogP contribution in [0.3, 0.4) is 0 Å². The van der Waals surface area contributed by atoms with Gasteiger partial charge in [0, 0.05) is 22.8 Å². The van der Waals surface area contributed by atoms with E-state index in [0.29, 0.717) is 17.5 Å². The summed E-state index contributed by atoms with van der Waals surface area (Å²) in [7, 11) is 0. The van der Waals surface area contributed by atoms with Gasteiger partial charge in [-0.3, -0.25) is 0 Å². The first-order chi connectivity index (χ1) is 14.1. The summed E-state index contributed by atoms with van der Waals surface area (Å²) in [5.41, 5.74) is 3.58. The van der Waals surface area contributed by atoms with E-state index in [9.17, 15) is 8.78 Å². The smallest absolute Gasteiger partial charge is 0.163 e. The summed E-state index contributed by atoms with van der Waals surface area (Å²) in [6.07, 6.45) is 0. The highest BCUT2D eigenvalue weighted by molar-refractivity contribution is 5.76. The molecule has 0 aliphatic rings. The van der Waals surface area contributed by atoms with E-state index in [0.717, 1.165) is 22.8 Å². The van der Waals surface area contributed by atoms with Gasteiger partial charge < -0.3 is 0 Å². The lowest BCUT2D eigenvalue weighted by molar-refractivity contribution is 0.582. The van der Waals surface area contributed by atoms with E-state index in [4.69, 9.17) is 5.26 Å². The summed E-state index contributed by atoms with van der Waals surface area (Å²) >= 11 is 0. The number of nitrogens with zero attached hydrogens (tertiary/aromatic N) is 3. The summed E-state index contributed by atoms with van der Waals surface area (Å²) in [4.78, 5) is 9.16. The first-order valence-corrected chi connectivity index (χ1v) is 8.97. The molecular formula is C24H15F2N3. The largest absolute Gasteiger partial charge is 0.228 e. The average molecular weight is 383 g/mol. The molecule has 0 saturated heterocycles. The van der Waals surface area contributed by atoms with Crippen LogP contribution < -0.4 is 0 Å². The Morgan fingerprint density at radius 3 is 1.76 bits per heavy atom. The van der Waals surface area contributed by atoms with Crippen LogP contribution in [0.2, 0.25) is 0 Å². The Hall–Kier alpha value is -3.91. The van der Waals surface area contributed by atoms with E-state index in [-0.39, 0.29) is 17.0 Å². The van der Waals surface area contributed by atoms with E-state index >= 15 is 0 Å². The summed E-state index contributed by atoms with van der Waals surface area (Å²) in [5.74, 6) is -1.63. The number of hydrogen-bond acceptors (Lipinski definition) is 3. The third kappa shape index (κ3) is 3.48. The van der Waals surface area contributed by atoms with Gasteiger partial charge in [-0.15, -0.1) is 0 Å². The van der Waals surface area contributed by atoms with Gasteiger partial charge in [0.2, 0.25) is 0 Å². The van der Waals surface area contributed by atoms with Crippen molar-refractivity contribution in [3.05, 3.63) is 95.6 Å². The van der Waals surface area contributed by atoms with Crippen molar-refractivity contribution in [3.8, 4) is 40.0 Å². The summed E-state index contributed by atoms with van der Waals surface area (Å²) in [5, 5.41) is 9.14. The van der Waals surface area contributed by atoms with Crippen LogP contribution in [-0.2, 0) is 0 Å². The van der Waals surface area contributed by atoms with E-state index in [1.54, 1.807) is 6.07 Å². The maximum absolute atomic E-state index is 14.6. The van der Waals surface area contributed by atoms with Crippen molar-refractivity contribution in [1.29, 1.82) is 5.26 Å². The van der Waals surface area contributed by atoms with Crippen LogP contribution in [0, 0.1) is 29.9 Å². The van der Waals surface area contributed by atoms with Crippen molar-refractivity contribution in [3.63, 3.8) is 0 Å². The second-order valence-electron chi connectivity index (χ2n) is 6.53. The zero-order chi connectivity index (χ0) is 20.4. The summed E-state index contributed by atoms with van der Waals surface area (Å²) in [6.45, 7) is 1.91. The van der Waals surface area contributed by atoms with Gasteiger partial charge in [0.25, 0.3) is 0 Å². The number of benzene rings is 3. The maximum atomic E-state index is 14.6. The molecular weight excluding hydrogens is 368 g/mol. The minimum Gasteiger partial charge on any atom is -0.228 e. The highest BCUT2D eigenvalue weighted by atomic mass is 19.1. The second kappa shape index (κ2) is 7.61. The Balaban J connectivity index is 2.02. The molecule has 0 fully saturated rings. The lowest BCUT2D eigenvalue weighted by atomic mass is 10.0. The molecule has 4 aromatic rings. The molecule has 0 unspecified atom stereocenters. The lowest BCUT2D eigenvalue weighted by Crippen LogP contribution is -2.02. The number of aromatic nitrogens is 2. The summed E-state index contributed by atoms with van der Waals surface area (Å²) in [6, 6.07) is 22.6. The molecule has 0 atom stereocenters. The first-order valence-electron chi connectivity index (χ1n) is 8.97. The molecule has 0 saturated carbocycles. The molecule has 0 N–H and O–H groups in total. The second-order valence-corrected chi connectivity index (χ2v) is 6.53. The van der Waals surface area contributed by atoms with Crippen molar-refractivity contribution in [2.75, 3.05) is 0 Å². The van der Waals surface area contributed by atoms with Gasteiger partial charge in [0.05, 0.1) is 22.5 Å². The fraction of sp³-hybridized carbons (Fsp3) is 0.0417. The van der Waals surface area contributed by atoms with Crippen LogP contribution in [0.5, 0.6) is 0 Å². The number of rotatable bonds is 3. The Morgan fingerprint density at radius 2 is 1.28 bits per heavy atom. The SMILES string of the molecule is Cc1c(-c2ccccc2)nc(-c2cc(C#N)c(F)cc2F)nc1-c1ccccc1. The quantitative estimate of drug-likeness (QED) is 0.440. The van der Waals surface area contributed by atoms with E-state index in [2.05, 4.69) is 9.97 Å². The molecule has 1 heterocycles. The van der Waals surface area contributed by atoms with Gasteiger partial charge in [0.15, 0.2) is 5.82 Å². The van der Waals surface area contributed by atoms with Crippen LogP contribution in [-0.4, -0.2) is 9.97 Å². The average Bonchev–Trinajstić information content (AvgIpc) is 2.75. The molecule has 0 spiro atoms. The topological polar surface area (TPSA) is 49.6 Å². The minimum atomic E-state index is -0.910. The molecule has 3 aromatic carbocycles. The molecule has 4 rings (SSSR count). The van der Waals surface area contributed by atoms with E-state index in [1.807, 2.05) is 67.6 Å². The van der Waals surface area contributed by atoms with Gasteiger partial charge in [-0.1, -0.05) is 60.7 Å². The number of nitriles is 1. The Bertz CT molecular complexity index is 1170. The van der Waals surface area contributed by atoms with E-state index < -0.39 is 11.6 Å². The number of hydrogen-bond donors (Lipinski definition) is 0. The molecule has 0 amide bonds. The Morgan fingerprint density at radius 1 is 0.759 bits per heavy atom. The van der Waals surface area contributed by atoms with Crippen LogP contribution in [0.15, 0.2) is 72.8 Å². The van der Waals surface area contributed by atoms with Gasteiger partial charge in [-0.2, -0.15) is 5.26 Å². The van der Waals surface area contributed by atoms with Gasteiger partial charge >= 0.3 is 0 Å². The third-order valence-electron chi connectivity index (χ3n) is 4.66. The van der Waals surface area contributed by atoms with Gasteiger partial charge in [-0.05, 0) is 13.0 Å². The molecule has 0 radical (unpaired) electrons. The fourth-order valence-electron chi connectivity index (χ4n) is 3.20. The van der Waals surface area contributed by atoms with E-state index in [1.165, 1.54) is 0 Å². The lowest BCUT2D eigenvalue weighted by Gasteiger charge is -2.14. The van der Waals surface area contributed by atoms with Crippen LogP contribution in [0.1, 0.15) is 11.1 Å². The molecule has 0 aliphatic carbocycles. The molecule has 1 aromatic heterocycles. The Labute approximate surface area is 166 Å². The van der Waals surface area contributed by atoms with Crippen molar-refractivity contribution >= 4 is 0 Å². The van der Waals surface area contributed by atoms with Crippen LogP contribution >= 0.6 is 0 Å². The van der Waals surface area contributed by atoms with Crippen molar-refractivity contribution in [2.24, 2.45) is 0 Å². The molecule has 5 heteroatoms. The van der Waals surface area contributed by atoms with Crippen molar-refractivity contribution < 1.29 is 8.78 Å². The maximum Gasteiger partial charge on any atom is 0.163 e. The molecule has 0 bridgehead atoms. The normalized spacial score (nSPS) is 10.6. The standard InChI is InChI=1S/C24H15F2N3/c1-15-22(16-8-4-2-5-9-16)28-24(29-23(15)17-10-6-3-7-11-17)19-12-18(14-27)20(25)13-21(19)26/h2-13H,1H3. The predicted molar refractivity (Wildman–Crippen MR) is 108 cm³/mol. The molecule has 3 nitrogen and oxygen atoms in total. The van der Waals surface area contributed by atoms with Crippen molar-refractivity contribution in [1.82, 2.24) is 9.97 Å². The molecule has 140 valence electrons. The van der Waals surface area contributed by atoms with Crippen molar-refractivity contribution in [2.45, 2.75) is 6.92 Å². The third-order valence-corrected chi connectivity index (χ3v) is 4.66. The fourth-order valence-corrected chi connectivity index (χ4v) is 3.20. The Kier molecular flexibility index (Phi) is 4.84. The monoisotopic (exact) mass is 383 g/mol. The highest BCUT2D eigenvalue weighted by Crippen LogP contribution is 2.33. The van der Waals surface area contributed by atoms with Gasteiger partial charge in [-0.25, -0.2) is 18.7 Å². The number of halogens is 2. The van der Waals surface area contributed by atoms with Crippen LogP contribution in [0.4, 0.5) is 8.78 Å².